The second-order valence-corrected chi connectivity index (χ2v) is 7.10. The van der Waals surface area contributed by atoms with E-state index in [1.165, 1.54) is 5.56 Å². The normalized spacial score (nSPS) is 17.1. The Morgan fingerprint density at radius 3 is 2.81 bits per heavy atom. The van der Waals surface area contributed by atoms with Crippen LogP contribution in [0.15, 0.2) is 60.9 Å². The number of nitrogens with one attached hydrogen (secondary N) is 2. The third kappa shape index (κ3) is 4.09. The van der Waals surface area contributed by atoms with Gasteiger partial charge in [-0.15, -0.1) is 0 Å². The minimum atomic E-state index is -0.113. The molecule has 1 aliphatic heterocycles. The van der Waals surface area contributed by atoms with Crippen molar-refractivity contribution in [2.75, 3.05) is 11.9 Å². The highest BCUT2D eigenvalue weighted by Crippen LogP contribution is 2.25. The summed E-state index contributed by atoms with van der Waals surface area (Å²) < 4.78 is 0. The quantitative estimate of drug-likeness (QED) is 0.723. The third-order valence-corrected chi connectivity index (χ3v) is 5.06. The van der Waals surface area contributed by atoms with E-state index in [2.05, 4.69) is 57.4 Å². The fraction of sp³-hybridized carbons (Fsp3) is 0.273. The Bertz CT molecular complexity index is 920. The largest absolute Gasteiger partial charge is 0.348 e. The van der Waals surface area contributed by atoms with Gasteiger partial charge in [-0.25, -0.2) is 4.98 Å². The smallest absolute Gasteiger partial charge is 0.241 e. The minimum Gasteiger partial charge on any atom is -0.348 e. The second kappa shape index (κ2) is 7.76. The van der Waals surface area contributed by atoms with Crippen LogP contribution in [0.1, 0.15) is 24.2 Å². The Balaban J connectivity index is 1.47. The number of rotatable bonds is 5. The van der Waals surface area contributed by atoms with Crippen LogP contribution in [0.5, 0.6) is 0 Å². The average molecular weight is 360 g/mol. The van der Waals surface area contributed by atoms with Crippen LogP contribution in [0.4, 0.5) is 5.69 Å². The molecule has 2 aromatic carbocycles. The van der Waals surface area contributed by atoms with Crippen LogP contribution in [0.25, 0.3) is 11.1 Å². The Kier molecular flexibility index (Phi) is 5.03. The van der Waals surface area contributed by atoms with Crippen LogP contribution < -0.4 is 5.32 Å². The van der Waals surface area contributed by atoms with Gasteiger partial charge < -0.3 is 10.3 Å². The lowest BCUT2D eigenvalue weighted by molar-refractivity contribution is -0.120. The van der Waals surface area contributed by atoms with E-state index in [0.29, 0.717) is 6.54 Å². The highest BCUT2D eigenvalue weighted by molar-refractivity contribution is 5.95. The number of likely N-dealkylation sites (tertiary alicyclic amines) is 1. The highest BCUT2D eigenvalue weighted by atomic mass is 16.2. The van der Waals surface area contributed by atoms with Crippen molar-refractivity contribution in [1.82, 2.24) is 14.9 Å². The van der Waals surface area contributed by atoms with E-state index in [1.54, 1.807) is 6.20 Å². The number of H-pyrrole nitrogens is 1. The van der Waals surface area contributed by atoms with E-state index in [9.17, 15) is 4.79 Å². The van der Waals surface area contributed by atoms with Crippen molar-refractivity contribution < 1.29 is 4.79 Å². The van der Waals surface area contributed by atoms with Crippen molar-refractivity contribution in [2.45, 2.75) is 32.4 Å². The van der Waals surface area contributed by atoms with Gasteiger partial charge in [0.1, 0.15) is 5.82 Å². The molecule has 5 nitrogen and oxygen atoms in total. The molecule has 1 amide bonds. The maximum Gasteiger partial charge on any atom is 0.241 e. The molecule has 1 saturated heterocycles. The summed E-state index contributed by atoms with van der Waals surface area (Å²) in [7, 11) is 0. The number of hydrogen-bond acceptors (Lipinski definition) is 3. The molecule has 138 valence electrons. The molecule has 1 atom stereocenters. The van der Waals surface area contributed by atoms with Gasteiger partial charge in [-0.3, -0.25) is 9.69 Å². The van der Waals surface area contributed by atoms with Gasteiger partial charge in [-0.05, 0) is 49.6 Å². The maximum absolute atomic E-state index is 12.9. The van der Waals surface area contributed by atoms with Gasteiger partial charge in [0.05, 0.1) is 12.6 Å². The van der Waals surface area contributed by atoms with Crippen LogP contribution in [-0.2, 0) is 11.3 Å². The predicted molar refractivity (Wildman–Crippen MR) is 107 cm³/mol. The summed E-state index contributed by atoms with van der Waals surface area (Å²) in [5.41, 5.74) is 4.33. The zero-order valence-corrected chi connectivity index (χ0v) is 15.5. The summed E-state index contributed by atoms with van der Waals surface area (Å²) in [6, 6.07) is 16.3. The monoisotopic (exact) mass is 360 g/mol. The molecular formula is C22H24N4O. The highest BCUT2D eigenvalue weighted by Gasteiger charge is 2.31. The van der Waals surface area contributed by atoms with Gasteiger partial charge in [0, 0.05) is 18.1 Å². The van der Waals surface area contributed by atoms with Gasteiger partial charge in [-0.1, -0.05) is 42.0 Å². The second-order valence-electron chi connectivity index (χ2n) is 7.10. The summed E-state index contributed by atoms with van der Waals surface area (Å²) >= 11 is 0. The van der Waals surface area contributed by atoms with Gasteiger partial charge in [-0.2, -0.15) is 0 Å². The average Bonchev–Trinajstić information content (AvgIpc) is 3.34. The van der Waals surface area contributed by atoms with Crippen molar-refractivity contribution in [3.8, 4) is 11.1 Å². The van der Waals surface area contributed by atoms with E-state index in [0.717, 1.165) is 42.0 Å². The van der Waals surface area contributed by atoms with Gasteiger partial charge in [0.2, 0.25) is 5.91 Å². The fourth-order valence-corrected chi connectivity index (χ4v) is 3.72. The first-order valence-corrected chi connectivity index (χ1v) is 9.39. The van der Waals surface area contributed by atoms with Crippen LogP contribution in [0.3, 0.4) is 0 Å². The first kappa shape index (κ1) is 17.5. The van der Waals surface area contributed by atoms with Gasteiger partial charge in [0.25, 0.3) is 0 Å². The number of imidazole rings is 1. The zero-order valence-electron chi connectivity index (χ0n) is 15.5. The van der Waals surface area contributed by atoms with E-state index in [-0.39, 0.29) is 11.9 Å². The molecule has 0 unspecified atom stereocenters. The molecule has 0 radical (unpaired) electrons. The number of nitrogens with zero attached hydrogens (tertiary/aromatic N) is 2. The van der Waals surface area contributed by atoms with Crippen molar-refractivity contribution in [2.24, 2.45) is 0 Å². The van der Waals surface area contributed by atoms with Crippen LogP contribution >= 0.6 is 0 Å². The van der Waals surface area contributed by atoms with Gasteiger partial charge in [0.15, 0.2) is 0 Å². The number of aryl methyl sites for hydroxylation is 1. The number of aromatic nitrogens is 2. The van der Waals surface area contributed by atoms with Crippen molar-refractivity contribution in [3.05, 3.63) is 72.3 Å². The molecule has 27 heavy (non-hydrogen) atoms. The number of amides is 1. The minimum absolute atomic E-state index is 0.0560. The number of benzene rings is 2. The Labute approximate surface area is 159 Å². The topological polar surface area (TPSA) is 61.0 Å². The first-order chi connectivity index (χ1) is 13.2. The lowest BCUT2D eigenvalue weighted by Crippen LogP contribution is -2.39. The first-order valence-electron chi connectivity index (χ1n) is 9.39. The molecule has 3 aromatic rings. The molecule has 4 rings (SSSR count). The predicted octanol–water partition coefficient (Wildman–Crippen LogP) is 3.99. The number of hydrogen-bond donors (Lipinski definition) is 2. The number of carbonyl (C=O) groups is 1. The molecule has 0 saturated carbocycles. The van der Waals surface area contributed by atoms with Crippen LogP contribution in [-0.4, -0.2) is 33.4 Å². The van der Waals surface area contributed by atoms with E-state index < -0.39 is 0 Å². The van der Waals surface area contributed by atoms with E-state index in [4.69, 9.17) is 0 Å². The van der Waals surface area contributed by atoms with Crippen LogP contribution in [0.2, 0.25) is 0 Å². The molecule has 0 spiro atoms. The maximum atomic E-state index is 12.9. The Hall–Kier alpha value is -2.92. The number of carbonyl (C=O) groups excluding carboxylic acids is 1. The van der Waals surface area contributed by atoms with E-state index >= 15 is 0 Å². The SMILES string of the molecule is Cc1cccc(-c2cccc(NC(=O)[C@H]3CCCN3Cc3ncc[nH]3)c2)c1. The lowest BCUT2D eigenvalue weighted by Gasteiger charge is -2.22. The number of anilines is 1. The van der Waals surface area contributed by atoms with Crippen molar-refractivity contribution in [3.63, 3.8) is 0 Å². The molecule has 1 aromatic heterocycles. The number of aromatic amines is 1. The summed E-state index contributed by atoms with van der Waals surface area (Å²) in [4.78, 5) is 22.5. The fourth-order valence-electron chi connectivity index (χ4n) is 3.72. The zero-order chi connectivity index (χ0) is 18.6. The molecule has 1 fully saturated rings. The van der Waals surface area contributed by atoms with E-state index in [1.807, 2.05) is 24.4 Å². The molecule has 1 aliphatic rings. The standard InChI is InChI=1S/C22H24N4O/c1-16-5-2-6-17(13-16)18-7-3-8-19(14-18)25-22(27)20-9-4-12-26(20)15-21-23-10-11-24-21/h2-3,5-8,10-11,13-14,20H,4,9,12,15H2,1H3,(H,23,24)(H,25,27)/t20-/m1/s1. The lowest BCUT2D eigenvalue weighted by atomic mass is 10.0. The van der Waals surface area contributed by atoms with Crippen molar-refractivity contribution in [1.29, 1.82) is 0 Å². The summed E-state index contributed by atoms with van der Waals surface area (Å²) in [6.07, 6.45) is 5.47. The van der Waals surface area contributed by atoms with Crippen LogP contribution in [0, 0.1) is 6.92 Å². The van der Waals surface area contributed by atoms with Gasteiger partial charge >= 0.3 is 0 Å². The molecule has 2 N–H and O–H groups in total. The molecule has 2 heterocycles. The third-order valence-electron chi connectivity index (χ3n) is 5.06. The van der Waals surface area contributed by atoms with Crippen molar-refractivity contribution >= 4 is 11.6 Å². The molecule has 0 aliphatic carbocycles. The molecule has 5 heteroatoms. The summed E-state index contributed by atoms with van der Waals surface area (Å²) in [6.45, 7) is 3.68. The Morgan fingerprint density at radius 1 is 1.22 bits per heavy atom. The Morgan fingerprint density at radius 2 is 2.04 bits per heavy atom. The summed E-state index contributed by atoms with van der Waals surface area (Å²) in [5.74, 6) is 0.955. The molecule has 0 bridgehead atoms. The molecular weight excluding hydrogens is 336 g/mol. The summed E-state index contributed by atoms with van der Waals surface area (Å²) in [5, 5.41) is 3.11.